The summed E-state index contributed by atoms with van der Waals surface area (Å²) >= 11 is 0. The number of para-hydroxylation sites is 2. The van der Waals surface area contributed by atoms with Gasteiger partial charge in [0.2, 0.25) is 0 Å². The van der Waals surface area contributed by atoms with E-state index in [1.807, 2.05) is 6.92 Å². The van der Waals surface area contributed by atoms with Gasteiger partial charge < -0.3 is 14.2 Å². The van der Waals surface area contributed by atoms with Gasteiger partial charge in [-0.25, -0.2) is 8.42 Å². The van der Waals surface area contributed by atoms with Crippen LogP contribution in [0.4, 0.5) is 5.69 Å². The minimum atomic E-state index is -3.75. The highest BCUT2D eigenvalue weighted by Gasteiger charge is 2.25. The zero-order valence-electron chi connectivity index (χ0n) is 13.6. The van der Waals surface area contributed by atoms with Gasteiger partial charge in [0.05, 0.1) is 17.2 Å². The molecule has 0 aliphatic carbocycles. The molecular formula is C17H19NO5S. The predicted molar refractivity (Wildman–Crippen MR) is 90.6 cm³/mol. The van der Waals surface area contributed by atoms with Crippen molar-refractivity contribution in [2.24, 2.45) is 0 Å². The van der Waals surface area contributed by atoms with E-state index in [-0.39, 0.29) is 4.90 Å². The van der Waals surface area contributed by atoms with Crippen LogP contribution in [0.25, 0.3) is 0 Å². The molecule has 0 saturated carbocycles. The van der Waals surface area contributed by atoms with Crippen LogP contribution in [0, 0.1) is 0 Å². The first-order valence-electron chi connectivity index (χ1n) is 7.64. The highest BCUT2D eigenvalue weighted by atomic mass is 32.2. The van der Waals surface area contributed by atoms with Gasteiger partial charge in [-0.1, -0.05) is 12.1 Å². The molecule has 0 radical (unpaired) electrons. The first-order valence-corrected chi connectivity index (χ1v) is 9.08. The molecule has 1 aliphatic heterocycles. The predicted octanol–water partition coefficient (Wildman–Crippen LogP) is 2.68. The van der Waals surface area contributed by atoms with Crippen LogP contribution in [-0.2, 0) is 10.0 Å². The van der Waals surface area contributed by atoms with Crippen molar-refractivity contribution >= 4 is 15.7 Å². The molecule has 0 saturated heterocycles. The lowest BCUT2D eigenvalue weighted by Gasteiger charge is -2.23. The summed E-state index contributed by atoms with van der Waals surface area (Å²) in [5, 5.41) is 0. The first-order chi connectivity index (χ1) is 11.5. The molecule has 0 N–H and O–H groups in total. The fraction of sp³-hybridized carbons (Fsp3) is 0.294. The van der Waals surface area contributed by atoms with Crippen LogP contribution in [0.2, 0.25) is 0 Å². The van der Waals surface area contributed by atoms with E-state index >= 15 is 0 Å². The molecule has 0 fully saturated rings. The molecule has 1 heterocycles. The lowest BCUT2D eigenvalue weighted by atomic mass is 10.3. The van der Waals surface area contributed by atoms with Gasteiger partial charge in [-0.15, -0.1) is 0 Å². The average Bonchev–Trinajstić information content (AvgIpc) is 2.61. The van der Waals surface area contributed by atoms with E-state index in [9.17, 15) is 8.42 Å². The second-order valence-corrected chi connectivity index (χ2v) is 7.15. The minimum absolute atomic E-state index is 0.139. The van der Waals surface area contributed by atoms with Crippen LogP contribution in [0.5, 0.6) is 17.2 Å². The number of hydrogen-bond acceptors (Lipinski definition) is 5. The lowest BCUT2D eigenvalue weighted by Crippen LogP contribution is -2.27. The SMILES string of the molecule is CCOc1ccccc1N(C)S(=O)(=O)c1ccc2c(c1)OCCO2. The summed E-state index contributed by atoms with van der Waals surface area (Å²) in [6.07, 6.45) is 0. The Morgan fingerprint density at radius 2 is 1.79 bits per heavy atom. The largest absolute Gasteiger partial charge is 0.492 e. The van der Waals surface area contributed by atoms with Gasteiger partial charge in [-0.2, -0.15) is 0 Å². The number of nitrogens with zero attached hydrogens (tertiary/aromatic N) is 1. The van der Waals surface area contributed by atoms with E-state index in [2.05, 4.69) is 0 Å². The van der Waals surface area contributed by atoms with Crippen molar-refractivity contribution in [1.29, 1.82) is 0 Å². The summed E-state index contributed by atoms with van der Waals surface area (Å²) in [5.74, 6) is 1.51. The van der Waals surface area contributed by atoms with E-state index in [1.165, 1.54) is 23.5 Å². The quantitative estimate of drug-likeness (QED) is 0.830. The van der Waals surface area contributed by atoms with E-state index < -0.39 is 10.0 Å². The molecule has 1 aliphatic rings. The number of ether oxygens (including phenoxy) is 3. The second-order valence-electron chi connectivity index (χ2n) is 5.18. The molecule has 128 valence electrons. The van der Waals surface area contributed by atoms with Crippen molar-refractivity contribution in [1.82, 2.24) is 0 Å². The molecule has 0 unspecified atom stereocenters. The molecule has 24 heavy (non-hydrogen) atoms. The Bertz CT molecular complexity index is 835. The van der Waals surface area contributed by atoms with Crippen molar-refractivity contribution < 1.29 is 22.6 Å². The number of hydrogen-bond donors (Lipinski definition) is 0. The maximum absolute atomic E-state index is 12.9. The molecule has 0 atom stereocenters. The molecule has 3 rings (SSSR count). The van der Waals surface area contributed by atoms with Gasteiger partial charge in [0.15, 0.2) is 11.5 Å². The zero-order valence-corrected chi connectivity index (χ0v) is 14.4. The number of anilines is 1. The van der Waals surface area contributed by atoms with Crippen molar-refractivity contribution in [3.05, 3.63) is 42.5 Å². The van der Waals surface area contributed by atoms with Gasteiger partial charge in [0.1, 0.15) is 19.0 Å². The van der Waals surface area contributed by atoms with E-state index in [1.54, 1.807) is 30.3 Å². The average molecular weight is 349 g/mol. The first kappa shape index (κ1) is 16.4. The Morgan fingerprint density at radius 1 is 1.08 bits per heavy atom. The number of fused-ring (bicyclic) bond motifs is 1. The van der Waals surface area contributed by atoms with Crippen LogP contribution in [0.15, 0.2) is 47.4 Å². The maximum atomic E-state index is 12.9. The summed E-state index contributed by atoms with van der Waals surface area (Å²) in [6, 6.07) is 11.7. The summed E-state index contributed by atoms with van der Waals surface area (Å²) < 4.78 is 43.5. The van der Waals surface area contributed by atoms with E-state index in [4.69, 9.17) is 14.2 Å². The maximum Gasteiger partial charge on any atom is 0.264 e. The third-order valence-electron chi connectivity index (χ3n) is 3.68. The highest BCUT2D eigenvalue weighted by molar-refractivity contribution is 7.92. The van der Waals surface area contributed by atoms with Gasteiger partial charge in [-0.3, -0.25) is 4.31 Å². The normalized spacial score (nSPS) is 13.4. The Labute approximate surface area is 141 Å². The Balaban J connectivity index is 1.98. The number of rotatable bonds is 5. The summed E-state index contributed by atoms with van der Waals surface area (Å²) in [4.78, 5) is 0.139. The van der Waals surface area contributed by atoms with Crippen molar-refractivity contribution in [3.8, 4) is 17.2 Å². The Morgan fingerprint density at radius 3 is 2.54 bits per heavy atom. The zero-order chi connectivity index (χ0) is 17.2. The lowest BCUT2D eigenvalue weighted by molar-refractivity contribution is 0.171. The van der Waals surface area contributed by atoms with E-state index in [0.29, 0.717) is 42.8 Å². The van der Waals surface area contributed by atoms with Gasteiger partial charge in [0.25, 0.3) is 10.0 Å². The topological polar surface area (TPSA) is 65.1 Å². The summed E-state index contributed by atoms with van der Waals surface area (Å²) in [6.45, 7) is 3.17. The Hall–Kier alpha value is -2.41. The van der Waals surface area contributed by atoms with Crippen LogP contribution in [0.3, 0.4) is 0 Å². The standard InChI is InChI=1S/C17H19NO5S/c1-3-21-15-7-5-4-6-14(15)18(2)24(19,20)13-8-9-16-17(12-13)23-11-10-22-16/h4-9,12H,3,10-11H2,1-2H3. The van der Waals surface area contributed by atoms with Crippen molar-refractivity contribution in [3.63, 3.8) is 0 Å². The van der Waals surface area contributed by atoms with Crippen LogP contribution >= 0.6 is 0 Å². The highest BCUT2D eigenvalue weighted by Crippen LogP contribution is 2.35. The van der Waals surface area contributed by atoms with Gasteiger partial charge >= 0.3 is 0 Å². The fourth-order valence-electron chi connectivity index (χ4n) is 2.47. The third-order valence-corrected chi connectivity index (χ3v) is 5.44. The summed E-state index contributed by atoms with van der Waals surface area (Å²) in [7, 11) is -2.24. The van der Waals surface area contributed by atoms with Gasteiger partial charge in [-0.05, 0) is 31.2 Å². The Kier molecular flexibility index (Phi) is 4.53. The molecule has 2 aromatic rings. The molecule has 2 aromatic carbocycles. The molecule has 0 amide bonds. The smallest absolute Gasteiger partial charge is 0.264 e. The molecular weight excluding hydrogens is 330 g/mol. The molecule has 0 spiro atoms. The molecule has 6 nitrogen and oxygen atoms in total. The molecule has 0 aromatic heterocycles. The van der Waals surface area contributed by atoms with E-state index in [0.717, 1.165) is 0 Å². The van der Waals surface area contributed by atoms with Crippen LogP contribution in [-0.4, -0.2) is 35.3 Å². The van der Waals surface area contributed by atoms with Crippen LogP contribution in [0.1, 0.15) is 6.92 Å². The number of sulfonamides is 1. The van der Waals surface area contributed by atoms with Gasteiger partial charge in [0, 0.05) is 13.1 Å². The molecule has 0 bridgehead atoms. The second kappa shape index (κ2) is 6.60. The number of benzene rings is 2. The van der Waals surface area contributed by atoms with Crippen LogP contribution < -0.4 is 18.5 Å². The molecule has 7 heteroatoms. The summed E-state index contributed by atoms with van der Waals surface area (Å²) in [5.41, 5.74) is 0.481. The van der Waals surface area contributed by atoms with Crippen molar-refractivity contribution in [2.75, 3.05) is 31.2 Å². The monoisotopic (exact) mass is 349 g/mol. The van der Waals surface area contributed by atoms with Crippen molar-refractivity contribution in [2.45, 2.75) is 11.8 Å². The third kappa shape index (κ3) is 2.99. The minimum Gasteiger partial charge on any atom is -0.492 e. The fourth-order valence-corrected chi connectivity index (χ4v) is 3.69.